The zero-order valence-corrected chi connectivity index (χ0v) is 20.8. The summed E-state index contributed by atoms with van der Waals surface area (Å²) in [5.41, 5.74) is 3.81. The number of H-pyrrole nitrogens is 1. The number of rotatable bonds is 6. The fraction of sp³-hybridized carbons (Fsp3) is 0.308. The summed E-state index contributed by atoms with van der Waals surface area (Å²) < 4.78 is 6.67. The molecule has 6 rings (SSSR count). The van der Waals surface area contributed by atoms with Crippen molar-refractivity contribution in [2.75, 3.05) is 38.3 Å². The molecule has 1 fully saturated rings. The van der Waals surface area contributed by atoms with Gasteiger partial charge in [-0.05, 0) is 30.7 Å². The molecule has 1 aliphatic heterocycles. The molecule has 2 aliphatic rings. The van der Waals surface area contributed by atoms with Gasteiger partial charge in [-0.1, -0.05) is 18.2 Å². The molecule has 3 aromatic heterocycles. The maximum atomic E-state index is 12.1. The minimum atomic E-state index is -0.142. The number of hydrogen-bond donors (Lipinski definition) is 3. The number of allylic oxidation sites excluding steroid dienone is 2. The van der Waals surface area contributed by atoms with Crippen molar-refractivity contribution >= 4 is 44.2 Å². The molecular weight excluding hydrogens is 474 g/mol. The van der Waals surface area contributed by atoms with Gasteiger partial charge in [0.05, 0.1) is 41.1 Å². The standard InChI is InChI=1S/C26H27N7O2S/c1-27-26(34)16-4-2-5-17(12-16)28-14-18-13-22-23(36-18)25(33-8-10-35-11-9-33)31-24(30-22)19-6-3-7-21-20(19)15-29-32-21/h2-3,5-7,12-13,15-16,28H,4,8-11,14H2,1H3,(H,27,34)(H,29,32). The van der Waals surface area contributed by atoms with Crippen LogP contribution in [0.1, 0.15) is 11.3 Å². The smallest absolute Gasteiger partial charge is 0.227 e. The van der Waals surface area contributed by atoms with Crippen molar-refractivity contribution in [1.29, 1.82) is 0 Å². The first-order chi connectivity index (χ1) is 17.7. The van der Waals surface area contributed by atoms with Crippen LogP contribution in [-0.4, -0.2) is 59.4 Å². The van der Waals surface area contributed by atoms with Crippen molar-refractivity contribution in [3.05, 3.63) is 59.3 Å². The zero-order chi connectivity index (χ0) is 24.5. The van der Waals surface area contributed by atoms with Crippen molar-refractivity contribution in [2.45, 2.75) is 13.0 Å². The summed E-state index contributed by atoms with van der Waals surface area (Å²) in [6.07, 6.45) is 8.62. The molecule has 184 valence electrons. The Bertz CT molecular complexity index is 1480. The molecule has 36 heavy (non-hydrogen) atoms. The van der Waals surface area contributed by atoms with Crippen LogP contribution >= 0.6 is 11.3 Å². The Balaban J connectivity index is 1.35. The number of ether oxygens (including phenoxy) is 1. The number of carbonyl (C=O) groups is 1. The SMILES string of the molecule is CNC(=O)C1C=C(NCc2cc3nc(-c4cccc5[nH]ncc45)nc(N4CCOCC4)c3s2)C=CC1. The van der Waals surface area contributed by atoms with E-state index in [-0.39, 0.29) is 11.8 Å². The van der Waals surface area contributed by atoms with E-state index in [1.54, 1.807) is 18.4 Å². The minimum Gasteiger partial charge on any atom is -0.380 e. The molecule has 1 aliphatic carbocycles. The number of fused-ring (bicyclic) bond motifs is 2. The Labute approximate surface area is 212 Å². The lowest BCUT2D eigenvalue weighted by Gasteiger charge is -2.28. The second kappa shape index (κ2) is 9.71. The maximum Gasteiger partial charge on any atom is 0.227 e. The number of nitrogens with zero attached hydrogens (tertiary/aromatic N) is 4. The van der Waals surface area contributed by atoms with E-state index < -0.39 is 0 Å². The Morgan fingerprint density at radius 3 is 3.03 bits per heavy atom. The topological polar surface area (TPSA) is 108 Å². The molecule has 9 nitrogen and oxygen atoms in total. The highest BCUT2D eigenvalue weighted by atomic mass is 32.1. The maximum absolute atomic E-state index is 12.1. The van der Waals surface area contributed by atoms with E-state index in [1.165, 1.54) is 0 Å². The van der Waals surface area contributed by atoms with E-state index >= 15 is 0 Å². The number of amides is 1. The molecule has 1 amide bonds. The number of thiophene rings is 1. The average molecular weight is 502 g/mol. The predicted octanol–water partition coefficient (Wildman–Crippen LogP) is 3.37. The van der Waals surface area contributed by atoms with E-state index in [2.05, 4.69) is 31.8 Å². The molecule has 1 unspecified atom stereocenters. The van der Waals surface area contributed by atoms with Gasteiger partial charge in [-0.25, -0.2) is 9.97 Å². The highest BCUT2D eigenvalue weighted by molar-refractivity contribution is 7.19. The van der Waals surface area contributed by atoms with E-state index in [4.69, 9.17) is 14.7 Å². The van der Waals surface area contributed by atoms with Crippen molar-refractivity contribution in [3.63, 3.8) is 0 Å². The van der Waals surface area contributed by atoms with E-state index in [9.17, 15) is 4.79 Å². The predicted molar refractivity (Wildman–Crippen MR) is 142 cm³/mol. The van der Waals surface area contributed by atoms with Crippen molar-refractivity contribution in [1.82, 2.24) is 30.8 Å². The van der Waals surface area contributed by atoms with Crippen LogP contribution in [-0.2, 0) is 16.1 Å². The van der Waals surface area contributed by atoms with Gasteiger partial charge < -0.3 is 20.3 Å². The number of hydrogen-bond acceptors (Lipinski definition) is 8. The lowest BCUT2D eigenvalue weighted by Crippen LogP contribution is -2.36. The summed E-state index contributed by atoms with van der Waals surface area (Å²) in [5, 5.41) is 14.5. The summed E-state index contributed by atoms with van der Waals surface area (Å²) in [6, 6.07) is 8.19. The van der Waals surface area contributed by atoms with Crippen molar-refractivity contribution < 1.29 is 9.53 Å². The monoisotopic (exact) mass is 501 g/mol. The molecule has 0 saturated carbocycles. The first-order valence-electron chi connectivity index (χ1n) is 12.1. The Kier molecular flexibility index (Phi) is 6.12. The van der Waals surface area contributed by atoms with Gasteiger partial charge in [0.2, 0.25) is 5.91 Å². The molecule has 1 aromatic carbocycles. The normalized spacial score (nSPS) is 18.0. The Morgan fingerprint density at radius 1 is 1.28 bits per heavy atom. The molecule has 4 aromatic rings. The second-order valence-electron chi connectivity index (χ2n) is 8.87. The Morgan fingerprint density at radius 2 is 2.17 bits per heavy atom. The third kappa shape index (κ3) is 4.33. The van der Waals surface area contributed by atoms with Crippen LogP contribution in [0, 0.1) is 5.92 Å². The fourth-order valence-corrected chi connectivity index (χ4v) is 5.73. The molecule has 10 heteroatoms. The summed E-state index contributed by atoms with van der Waals surface area (Å²) in [5.74, 6) is 1.54. The van der Waals surface area contributed by atoms with Gasteiger partial charge >= 0.3 is 0 Å². The number of aromatic amines is 1. The third-order valence-corrected chi connectivity index (χ3v) is 7.68. The van der Waals surface area contributed by atoms with Gasteiger partial charge in [-0.15, -0.1) is 11.3 Å². The third-order valence-electron chi connectivity index (χ3n) is 6.56. The first kappa shape index (κ1) is 22.7. The van der Waals surface area contributed by atoms with Crippen LogP contribution in [0.25, 0.3) is 32.5 Å². The highest BCUT2D eigenvalue weighted by Gasteiger charge is 2.21. The van der Waals surface area contributed by atoms with Crippen molar-refractivity contribution in [3.8, 4) is 11.4 Å². The summed E-state index contributed by atoms with van der Waals surface area (Å²) >= 11 is 1.71. The molecule has 0 bridgehead atoms. The van der Waals surface area contributed by atoms with Gasteiger partial charge in [-0.3, -0.25) is 9.89 Å². The van der Waals surface area contributed by atoms with Crippen LogP contribution in [0.4, 0.5) is 5.82 Å². The van der Waals surface area contributed by atoms with Crippen LogP contribution in [0.2, 0.25) is 0 Å². The van der Waals surface area contributed by atoms with Gasteiger partial charge in [0.25, 0.3) is 0 Å². The van der Waals surface area contributed by atoms with Gasteiger partial charge in [0.15, 0.2) is 11.6 Å². The number of carbonyl (C=O) groups excluding carboxylic acids is 1. The summed E-state index contributed by atoms with van der Waals surface area (Å²) in [4.78, 5) is 25.6. The quantitative estimate of drug-likeness (QED) is 0.372. The van der Waals surface area contributed by atoms with Gasteiger partial charge in [-0.2, -0.15) is 5.10 Å². The molecule has 4 heterocycles. The largest absolute Gasteiger partial charge is 0.380 e. The van der Waals surface area contributed by atoms with Gasteiger partial charge in [0.1, 0.15) is 0 Å². The van der Waals surface area contributed by atoms with Crippen LogP contribution in [0.3, 0.4) is 0 Å². The first-order valence-corrected chi connectivity index (χ1v) is 12.9. The zero-order valence-electron chi connectivity index (χ0n) is 20.0. The fourth-order valence-electron chi connectivity index (χ4n) is 4.68. The number of morpholine rings is 1. The summed E-state index contributed by atoms with van der Waals surface area (Å²) in [6.45, 7) is 3.61. The number of nitrogens with one attached hydrogen (secondary N) is 3. The van der Waals surface area contributed by atoms with E-state index in [0.29, 0.717) is 25.6 Å². The highest BCUT2D eigenvalue weighted by Crippen LogP contribution is 2.36. The molecule has 0 radical (unpaired) electrons. The molecule has 3 N–H and O–H groups in total. The number of benzene rings is 1. The van der Waals surface area contributed by atoms with Crippen LogP contribution < -0.4 is 15.5 Å². The van der Waals surface area contributed by atoms with E-state index in [1.807, 2.05) is 42.6 Å². The lowest BCUT2D eigenvalue weighted by atomic mass is 9.98. The minimum absolute atomic E-state index is 0.0334. The lowest BCUT2D eigenvalue weighted by molar-refractivity contribution is -0.123. The molecule has 1 saturated heterocycles. The molecular formula is C26H27N7O2S. The van der Waals surface area contributed by atoms with Crippen molar-refractivity contribution in [2.24, 2.45) is 5.92 Å². The van der Waals surface area contributed by atoms with E-state index in [0.717, 1.165) is 62.6 Å². The number of aromatic nitrogens is 4. The Hall–Kier alpha value is -3.76. The molecule has 1 atom stereocenters. The second-order valence-corrected chi connectivity index (χ2v) is 10.0. The van der Waals surface area contributed by atoms with Crippen LogP contribution in [0.5, 0.6) is 0 Å². The van der Waals surface area contributed by atoms with Gasteiger partial charge in [0, 0.05) is 48.2 Å². The average Bonchev–Trinajstić information content (AvgIpc) is 3.58. The number of anilines is 1. The molecule has 0 spiro atoms. The van der Waals surface area contributed by atoms with Crippen LogP contribution in [0.15, 0.2) is 54.4 Å². The summed E-state index contributed by atoms with van der Waals surface area (Å²) in [7, 11) is 1.67.